The van der Waals surface area contributed by atoms with Crippen molar-refractivity contribution in [3.05, 3.63) is 18.0 Å². The molecule has 4 saturated carbocycles. The van der Waals surface area contributed by atoms with Crippen molar-refractivity contribution in [1.82, 2.24) is 9.78 Å². The third-order valence-electron chi connectivity index (χ3n) is 5.74. The second-order valence-corrected chi connectivity index (χ2v) is 7.12. The van der Waals surface area contributed by atoms with Crippen molar-refractivity contribution in [2.45, 2.75) is 38.5 Å². The van der Waals surface area contributed by atoms with Crippen LogP contribution < -0.4 is 0 Å². The van der Waals surface area contributed by atoms with E-state index in [0.29, 0.717) is 30.0 Å². The lowest BCUT2D eigenvalue weighted by Crippen LogP contribution is -2.48. The molecule has 4 fully saturated rings. The number of rotatable bonds is 3. The summed E-state index contributed by atoms with van der Waals surface area (Å²) in [4.78, 5) is 12.7. The van der Waals surface area contributed by atoms with Crippen LogP contribution in [0.5, 0.6) is 0 Å². The maximum atomic E-state index is 12.7. The molecule has 0 radical (unpaired) electrons. The number of aryl methyl sites for hydroxylation is 1. The molecule has 0 amide bonds. The molecule has 1 heterocycles. The largest absolute Gasteiger partial charge is 0.299 e. The van der Waals surface area contributed by atoms with Crippen LogP contribution in [0, 0.1) is 29.6 Å². The van der Waals surface area contributed by atoms with E-state index in [0.717, 1.165) is 17.4 Å². The zero-order valence-electron chi connectivity index (χ0n) is 11.6. The second-order valence-electron chi connectivity index (χ2n) is 7.12. The predicted molar refractivity (Wildman–Crippen MR) is 72.5 cm³/mol. The molecular formula is C16H22N2O. The van der Waals surface area contributed by atoms with Crippen LogP contribution in [-0.2, 0) is 18.3 Å². The van der Waals surface area contributed by atoms with Gasteiger partial charge in [0, 0.05) is 25.6 Å². The molecule has 102 valence electrons. The summed E-state index contributed by atoms with van der Waals surface area (Å²) in [6, 6.07) is 0. The molecule has 4 aliphatic rings. The Hall–Kier alpha value is -1.12. The number of aromatic nitrogens is 2. The maximum Gasteiger partial charge on any atom is 0.141 e. The van der Waals surface area contributed by atoms with Crippen molar-refractivity contribution in [1.29, 1.82) is 0 Å². The normalized spacial score (nSPS) is 39.7. The average molecular weight is 258 g/mol. The molecule has 0 unspecified atom stereocenters. The van der Waals surface area contributed by atoms with Crippen LogP contribution in [0.2, 0.25) is 0 Å². The van der Waals surface area contributed by atoms with Gasteiger partial charge in [-0.25, -0.2) is 0 Å². The van der Waals surface area contributed by atoms with Crippen LogP contribution in [0.4, 0.5) is 0 Å². The van der Waals surface area contributed by atoms with Gasteiger partial charge >= 0.3 is 0 Å². The highest BCUT2D eigenvalue weighted by molar-refractivity contribution is 5.84. The van der Waals surface area contributed by atoms with Gasteiger partial charge in [-0.2, -0.15) is 5.10 Å². The molecule has 3 heteroatoms. The fourth-order valence-electron chi connectivity index (χ4n) is 5.33. The van der Waals surface area contributed by atoms with Crippen molar-refractivity contribution < 1.29 is 4.79 Å². The average Bonchev–Trinajstić information content (AvgIpc) is 2.73. The van der Waals surface area contributed by atoms with Crippen LogP contribution >= 0.6 is 0 Å². The molecule has 1 aromatic heterocycles. The minimum absolute atomic E-state index is 0.369. The molecule has 3 nitrogen and oxygen atoms in total. The standard InChI is InChI=1S/C16H22N2O/c1-18-9-12(8-17-18)7-15(19)16-13-3-10-2-11(5-13)6-14(16)4-10/h8-11,13-14,16H,2-7H2,1H3. The quantitative estimate of drug-likeness (QED) is 0.835. The first kappa shape index (κ1) is 11.7. The monoisotopic (exact) mass is 258 g/mol. The molecular weight excluding hydrogens is 236 g/mol. The SMILES string of the molecule is Cn1cc(CC(=O)C2C3CC4CC(C3)CC2C4)cn1. The molecule has 5 rings (SSSR count). The Morgan fingerprint density at radius 2 is 1.84 bits per heavy atom. The Morgan fingerprint density at radius 3 is 2.37 bits per heavy atom. The smallest absolute Gasteiger partial charge is 0.141 e. The number of hydrogen-bond acceptors (Lipinski definition) is 2. The van der Waals surface area contributed by atoms with Crippen molar-refractivity contribution in [3.8, 4) is 0 Å². The molecule has 0 spiro atoms. The third kappa shape index (κ3) is 1.94. The fourth-order valence-corrected chi connectivity index (χ4v) is 5.33. The van der Waals surface area contributed by atoms with Gasteiger partial charge in [-0.1, -0.05) is 0 Å². The van der Waals surface area contributed by atoms with Crippen molar-refractivity contribution in [2.75, 3.05) is 0 Å². The minimum Gasteiger partial charge on any atom is -0.299 e. The number of carbonyl (C=O) groups excluding carboxylic acids is 1. The van der Waals surface area contributed by atoms with Gasteiger partial charge in [-0.15, -0.1) is 0 Å². The predicted octanol–water partition coefficient (Wildman–Crippen LogP) is 2.60. The highest BCUT2D eigenvalue weighted by atomic mass is 16.1. The van der Waals surface area contributed by atoms with Gasteiger partial charge in [0.1, 0.15) is 5.78 Å². The summed E-state index contributed by atoms with van der Waals surface area (Å²) < 4.78 is 1.79. The summed E-state index contributed by atoms with van der Waals surface area (Å²) in [6.45, 7) is 0. The molecule has 0 aromatic carbocycles. The summed E-state index contributed by atoms with van der Waals surface area (Å²) in [5.41, 5.74) is 1.08. The number of Topliss-reactive ketones (excluding diaryl/α,β-unsaturated/α-hetero) is 1. The van der Waals surface area contributed by atoms with E-state index in [4.69, 9.17) is 0 Å². The molecule has 1 aromatic rings. The van der Waals surface area contributed by atoms with Gasteiger partial charge < -0.3 is 0 Å². The van der Waals surface area contributed by atoms with E-state index in [1.807, 2.05) is 19.4 Å². The first-order valence-corrected chi connectivity index (χ1v) is 7.69. The van der Waals surface area contributed by atoms with Crippen molar-refractivity contribution >= 4 is 5.78 Å². The van der Waals surface area contributed by atoms with Gasteiger partial charge in [-0.3, -0.25) is 9.48 Å². The van der Waals surface area contributed by atoms with Gasteiger partial charge in [0.2, 0.25) is 0 Å². The number of carbonyl (C=O) groups is 1. The Balaban J connectivity index is 1.51. The van der Waals surface area contributed by atoms with Crippen LogP contribution in [0.15, 0.2) is 12.4 Å². The topological polar surface area (TPSA) is 34.9 Å². The zero-order chi connectivity index (χ0) is 13.0. The summed E-state index contributed by atoms with van der Waals surface area (Å²) >= 11 is 0. The van der Waals surface area contributed by atoms with Crippen LogP contribution in [0.3, 0.4) is 0 Å². The number of hydrogen-bond donors (Lipinski definition) is 0. The van der Waals surface area contributed by atoms with Crippen molar-refractivity contribution in [2.24, 2.45) is 36.6 Å². The molecule has 4 aliphatic carbocycles. The number of nitrogens with zero attached hydrogens (tertiary/aromatic N) is 2. The van der Waals surface area contributed by atoms with E-state index >= 15 is 0 Å². The Kier molecular flexibility index (Phi) is 2.58. The fraction of sp³-hybridized carbons (Fsp3) is 0.750. The van der Waals surface area contributed by atoms with Gasteiger partial charge in [-0.05, 0) is 61.3 Å². The summed E-state index contributed by atoms with van der Waals surface area (Å²) in [7, 11) is 1.91. The molecule has 0 aliphatic heterocycles. The summed E-state index contributed by atoms with van der Waals surface area (Å²) in [5, 5.41) is 4.17. The van der Waals surface area contributed by atoms with Gasteiger partial charge in [0.25, 0.3) is 0 Å². The highest BCUT2D eigenvalue weighted by Crippen LogP contribution is 2.56. The first-order chi connectivity index (χ1) is 9.19. The minimum atomic E-state index is 0.369. The maximum absolute atomic E-state index is 12.7. The molecule has 0 saturated heterocycles. The zero-order valence-corrected chi connectivity index (χ0v) is 11.6. The Morgan fingerprint density at radius 1 is 1.21 bits per heavy atom. The van der Waals surface area contributed by atoms with Gasteiger partial charge in [0.15, 0.2) is 0 Å². The van der Waals surface area contributed by atoms with Crippen molar-refractivity contribution in [3.63, 3.8) is 0 Å². The van der Waals surface area contributed by atoms with Gasteiger partial charge in [0.05, 0.1) is 6.20 Å². The lowest BCUT2D eigenvalue weighted by atomic mass is 9.51. The summed E-state index contributed by atoms with van der Waals surface area (Å²) in [5.74, 6) is 4.17. The van der Waals surface area contributed by atoms with Crippen LogP contribution in [-0.4, -0.2) is 15.6 Å². The van der Waals surface area contributed by atoms with E-state index in [-0.39, 0.29) is 0 Å². The molecule has 0 atom stereocenters. The molecule has 0 N–H and O–H groups in total. The third-order valence-corrected chi connectivity index (χ3v) is 5.74. The van der Waals surface area contributed by atoms with Crippen LogP contribution in [0.1, 0.15) is 37.7 Å². The lowest BCUT2D eigenvalue weighted by Gasteiger charge is -2.53. The van der Waals surface area contributed by atoms with E-state index in [1.54, 1.807) is 4.68 Å². The molecule has 19 heavy (non-hydrogen) atoms. The van der Waals surface area contributed by atoms with E-state index in [1.165, 1.54) is 32.1 Å². The van der Waals surface area contributed by atoms with E-state index in [9.17, 15) is 4.79 Å². The lowest BCUT2D eigenvalue weighted by molar-refractivity contribution is -0.135. The molecule has 4 bridgehead atoms. The summed E-state index contributed by atoms with van der Waals surface area (Å²) in [6.07, 6.45) is 11.2. The Bertz CT molecular complexity index is 477. The van der Waals surface area contributed by atoms with E-state index < -0.39 is 0 Å². The van der Waals surface area contributed by atoms with Crippen LogP contribution in [0.25, 0.3) is 0 Å². The highest BCUT2D eigenvalue weighted by Gasteiger charge is 2.50. The Labute approximate surface area is 114 Å². The van der Waals surface area contributed by atoms with E-state index in [2.05, 4.69) is 5.10 Å². The number of ketones is 1. The second kappa shape index (κ2) is 4.19. The first-order valence-electron chi connectivity index (χ1n) is 7.69.